The van der Waals surface area contributed by atoms with E-state index in [1.165, 1.54) is 11.3 Å². The zero-order chi connectivity index (χ0) is 13.5. The highest BCUT2D eigenvalue weighted by atomic mass is 32.2. The average Bonchev–Trinajstić information content (AvgIpc) is 2.79. The average molecular weight is 276 g/mol. The lowest BCUT2D eigenvalue weighted by Gasteiger charge is -2.29. The lowest BCUT2D eigenvalue weighted by molar-refractivity contribution is 0.376. The van der Waals surface area contributed by atoms with Crippen LogP contribution in [-0.4, -0.2) is 32.6 Å². The second-order valence-corrected chi connectivity index (χ2v) is 7.07. The molecule has 4 nitrogen and oxygen atoms in total. The van der Waals surface area contributed by atoms with Gasteiger partial charge in [0, 0.05) is 29.8 Å². The number of nitrogens with zero attached hydrogens (tertiary/aromatic N) is 3. The Kier molecular flexibility index (Phi) is 3.27. The third-order valence-corrected chi connectivity index (χ3v) is 4.45. The molecule has 102 valence electrons. The monoisotopic (exact) mass is 276 g/mol. The molecule has 1 fully saturated rings. The van der Waals surface area contributed by atoms with Crippen LogP contribution in [0.25, 0.3) is 11.0 Å². The Morgan fingerprint density at radius 1 is 1.42 bits per heavy atom. The van der Waals surface area contributed by atoms with Crippen molar-refractivity contribution >= 4 is 22.8 Å². The molecule has 0 bridgehead atoms. The predicted molar refractivity (Wildman–Crippen MR) is 80.6 cm³/mol. The molecule has 1 unspecified atom stereocenters. The zero-order valence-corrected chi connectivity index (χ0v) is 12.5. The Morgan fingerprint density at radius 3 is 2.95 bits per heavy atom. The Bertz CT molecular complexity index is 579. The molecule has 0 aromatic carbocycles. The minimum Gasteiger partial charge on any atom is -0.321 e. The maximum atomic E-state index is 4.83. The molecule has 0 radical (unpaired) electrons. The SMILES string of the molecule is CC(C)(C)n1c(C2CSCCN2)nc2cnccc21. The van der Waals surface area contributed by atoms with E-state index in [0.717, 1.165) is 23.6 Å². The van der Waals surface area contributed by atoms with Crippen molar-refractivity contribution in [3.8, 4) is 0 Å². The molecule has 1 atom stereocenters. The molecule has 0 aliphatic carbocycles. The van der Waals surface area contributed by atoms with E-state index in [2.05, 4.69) is 41.7 Å². The third-order valence-electron chi connectivity index (χ3n) is 3.39. The molecule has 1 N–H and O–H groups in total. The fraction of sp³-hybridized carbons (Fsp3) is 0.571. The van der Waals surface area contributed by atoms with Crippen LogP contribution < -0.4 is 5.32 Å². The first-order valence-corrected chi connectivity index (χ1v) is 7.87. The van der Waals surface area contributed by atoms with Crippen molar-refractivity contribution < 1.29 is 0 Å². The van der Waals surface area contributed by atoms with Crippen molar-refractivity contribution in [1.29, 1.82) is 0 Å². The fourth-order valence-electron chi connectivity index (χ4n) is 2.62. The van der Waals surface area contributed by atoms with E-state index >= 15 is 0 Å². The van der Waals surface area contributed by atoms with Gasteiger partial charge in [-0.15, -0.1) is 0 Å². The lowest BCUT2D eigenvalue weighted by atomic mass is 10.1. The quantitative estimate of drug-likeness (QED) is 0.869. The van der Waals surface area contributed by atoms with Crippen molar-refractivity contribution in [2.75, 3.05) is 18.1 Å². The Morgan fingerprint density at radius 2 is 2.26 bits per heavy atom. The van der Waals surface area contributed by atoms with Crippen LogP contribution in [0.1, 0.15) is 32.6 Å². The van der Waals surface area contributed by atoms with Crippen LogP contribution in [-0.2, 0) is 5.54 Å². The van der Waals surface area contributed by atoms with Crippen LogP contribution in [0.2, 0.25) is 0 Å². The standard InChI is InChI=1S/C14H20N4S/c1-14(2,3)18-12-4-5-15-8-10(12)17-13(18)11-9-19-7-6-16-11/h4-5,8,11,16H,6-7,9H2,1-3H3. The van der Waals surface area contributed by atoms with Gasteiger partial charge in [-0.2, -0.15) is 11.8 Å². The summed E-state index contributed by atoms with van der Waals surface area (Å²) in [7, 11) is 0. The Labute approximate surface area is 118 Å². The van der Waals surface area contributed by atoms with Crippen LogP contribution in [0.15, 0.2) is 18.5 Å². The summed E-state index contributed by atoms with van der Waals surface area (Å²) in [5, 5.41) is 3.58. The molecule has 2 aromatic rings. The topological polar surface area (TPSA) is 42.7 Å². The summed E-state index contributed by atoms with van der Waals surface area (Å²) in [5.74, 6) is 3.42. The lowest BCUT2D eigenvalue weighted by Crippen LogP contribution is -2.35. The third kappa shape index (κ3) is 2.37. The van der Waals surface area contributed by atoms with E-state index < -0.39 is 0 Å². The number of rotatable bonds is 1. The van der Waals surface area contributed by atoms with E-state index in [4.69, 9.17) is 4.98 Å². The van der Waals surface area contributed by atoms with Gasteiger partial charge in [0.1, 0.15) is 11.3 Å². The maximum Gasteiger partial charge on any atom is 0.128 e. The van der Waals surface area contributed by atoms with Crippen LogP contribution in [0, 0.1) is 0 Å². The van der Waals surface area contributed by atoms with Gasteiger partial charge in [0.15, 0.2) is 0 Å². The molecule has 0 saturated carbocycles. The summed E-state index contributed by atoms with van der Waals surface area (Å²) in [6.07, 6.45) is 3.70. The number of pyridine rings is 1. The first-order valence-electron chi connectivity index (χ1n) is 6.71. The largest absolute Gasteiger partial charge is 0.321 e. The van der Waals surface area contributed by atoms with Gasteiger partial charge in [0.25, 0.3) is 0 Å². The van der Waals surface area contributed by atoms with E-state index in [9.17, 15) is 0 Å². The molecule has 3 rings (SSSR count). The molecule has 0 spiro atoms. The summed E-state index contributed by atoms with van der Waals surface area (Å²) in [6.45, 7) is 7.75. The number of thioether (sulfide) groups is 1. The van der Waals surface area contributed by atoms with Gasteiger partial charge < -0.3 is 9.88 Å². The smallest absolute Gasteiger partial charge is 0.128 e. The molecule has 1 aliphatic rings. The minimum absolute atomic E-state index is 0.0230. The van der Waals surface area contributed by atoms with Crippen LogP contribution >= 0.6 is 11.8 Å². The van der Waals surface area contributed by atoms with Crippen LogP contribution in [0.3, 0.4) is 0 Å². The van der Waals surface area contributed by atoms with E-state index in [1.54, 1.807) is 0 Å². The molecule has 5 heteroatoms. The Balaban J connectivity index is 2.17. The molecule has 2 aromatic heterocycles. The maximum absolute atomic E-state index is 4.83. The van der Waals surface area contributed by atoms with Crippen molar-refractivity contribution in [3.05, 3.63) is 24.3 Å². The van der Waals surface area contributed by atoms with Gasteiger partial charge in [0.05, 0.1) is 17.8 Å². The van der Waals surface area contributed by atoms with E-state index in [1.807, 2.05) is 24.2 Å². The number of fused-ring (bicyclic) bond motifs is 1. The first-order chi connectivity index (χ1) is 9.07. The Hall–Kier alpha value is -1.07. The van der Waals surface area contributed by atoms with Crippen molar-refractivity contribution in [2.45, 2.75) is 32.4 Å². The number of hydrogen-bond acceptors (Lipinski definition) is 4. The van der Waals surface area contributed by atoms with Crippen LogP contribution in [0.4, 0.5) is 0 Å². The highest BCUT2D eigenvalue weighted by Crippen LogP contribution is 2.30. The summed E-state index contributed by atoms with van der Waals surface area (Å²) >= 11 is 2.00. The second kappa shape index (κ2) is 4.80. The normalized spacial score (nSPS) is 20.9. The van der Waals surface area contributed by atoms with Gasteiger partial charge >= 0.3 is 0 Å². The number of hydrogen-bond donors (Lipinski definition) is 1. The highest BCUT2D eigenvalue weighted by molar-refractivity contribution is 7.99. The fourth-order valence-corrected chi connectivity index (χ4v) is 3.55. The van der Waals surface area contributed by atoms with Crippen molar-refractivity contribution in [1.82, 2.24) is 19.9 Å². The number of nitrogens with one attached hydrogen (secondary N) is 1. The summed E-state index contributed by atoms with van der Waals surface area (Å²) in [5.41, 5.74) is 2.19. The van der Waals surface area contributed by atoms with E-state index in [-0.39, 0.29) is 5.54 Å². The van der Waals surface area contributed by atoms with Gasteiger partial charge in [-0.25, -0.2) is 4.98 Å². The molecule has 3 heterocycles. The van der Waals surface area contributed by atoms with Crippen LogP contribution in [0.5, 0.6) is 0 Å². The van der Waals surface area contributed by atoms with Gasteiger partial charge in [-0.3, -0.25) is 4.98 Å². The highest BCUT2D eigenvalue weighted by Gasteiger charge is 2.27. The van der Waals surface area contributed by atoms with Crippen molar-refractivity contribution in [3.63, 3.8) is 0 Å². The summed E-state index contributed by atoms with van der Waals surface area (Å²) in [4.78, 5) is 9.02. The molecular weight excluding hydrogens is 256 g/mol. The molecule has 1 saturated heterocycles. The number of aromatic nitrogens is 3. The van der Waals surface area contributed by atoms with Gasteiger partial charge in [0.2, 0.25) is 0 Å². The molecule has 19 heavy (non-hydrogen) atoms. The predicted octanol–water partition coefficient (Wildman–Crippen LogP) is 2.56. The molecule has 1 aliphatic heterocycles. The van der Waals surface area contributed by atoms with E-state index in [0.29, 0.717) is 6.04 Å². The number of imidazole rings is 1. The summed E-state index contributed by atoms with van der Waals surface area (Å²) < 4.78 is 2.35. The zero-order valence-electron chi connectivity index (χ0n) is 11.7. The van der Waals surface area contributed by atoms with Crippen molar-refractivity contribution in [2.24, 2.45) is 0 Å². The molecular formula is C14H20N4S. The van der Waals surface area contributed by atoms with Gasteiger partial charge in [-0.1, -0.05) is 0 Å². The molecule has 0 amide bonds. The minimum atomic E-state index is 0.0230. The summed E-state index contributed by atoms with van der Waals surface area (Å²) in [6, 6.07) is 2.40. The second-order valence-electron chi connectivity index (χ2n) is 5.92. The first kappa shape index (κ1) is 12.9. The van der Waals surface area contributed by atoms with Gasteiger partial charge in [-0.05, 0) is 26.8 Å².